The van der Waals surface area contributed by atoms with Gasteiger partial charge in [-0.2, -0.15) is 0 Å². The molecule has 2 aliphatic carbocycles. The molecule has 0 N–H and O–H groups in total. The molecule has 0 heterocycles. The van der Waals surface area contributed by atoms with E-state index in [2.05, 4.69) is 117 Å². The van der Waals surface area contributed by atoms with E-state index in [0.29, 0.717) is 0 Å². The Balaban J connectivity index is 0.00000152. The van der Waals surface area contributed by atoms with Crippen LogP contribution in [0.15, 0.2) is 103 Å². The summed E-state index contributed by atoms with van der Waals surface area (Å²) < 4.78 is 3.24. The first-order chi connectivity index (χ1) is 16.7. The van der Waals surface area contributed by atoms with Crippen molar-refractivity contribution < 1.29 is 47.6 Å². The fourth-order valence-electron chi connectivity index (χ4n) is 5.53. The molecule has 177 valence electrons. The Bertz CT molecular complexity index is 1450. The van der Waals surface area contributed by atoms with Gasteiger partial charge in [0, 0.05) is 0 Å². The minimum atomic E-state index is -1.17. The summed E-state index contributed by atoms with van der Waals surface area (Å²) >= 11 is -1.17. The molecular formula is C33H27Cl2Zr. The second-order valence-corrected chi connectivity index (χ2v) is 12.3. The first-order valence-corrected chi connectivity index (χ1v) is 14.5. The van der Waals surface area contributed by atoms with Crippen LogP contribution in [0.25, 0.3) is 16.7 Å². The van der Waals surface area contributed by atoms with Crippen molar-refractivity contribution in [1.29, 1.82) is 0 Å². The minimum absolute atomic E-state index is 0. The monoisotopic (exact) mass is 583 g/mol. The Morgan fingerprint density at radius 2 is 1.28 bits per heavy atom. The second-order valence-electron chi connectivity index (χ2n) is 9.24. The van der Waals surface area contributed by atoms with Gasteiger partial charge in [-0.1, -0.05) is 0 Å². The Labute approximate surface area is 238 Å². The largest absolute Gasteiger partial charge is 1.00 e. The van der Waals surface area contributed by atoms with Gasteiger partial charge in [-0.3, -0.25) is 0 Å². The van der Waals surface area contributed by atoms with Gasteiger partial charge in [0.2, 0.25) is 0 Å². The summed E-state index contributed by atoms with van der Waals surface area (Å²) in [6.07, 6.45) is 9.00. The molecule has 3 heteroatoms. The molecule has 0 fully saturated rings. The summed E-state index contributed by atoms with van der Waals surface area (Å²) in [5.74, 6) is 0. The summed E-state index contributed by atoms with van der Waals surface area (Å²) in [5, 5.41) is 0. The van der Waals surface area contributed by atoms with Crippen LogP contribution in [-0.4, -0.2) is 3.21 Å². The van der Waals surface area contributed by atoms with Gasteiger partial charge in [0.05, 0.1) is 0 Å². The van der Waals surface area contributed by atoms with Crippen molar-refractivity contribution in [3.8, 4) is 11.1 Å². The molecule has 0 unspecified atom stereocenters. The predicted molar refractivity (Wildman–Crippen MR) is 142 cm³/mol. The summed E-state index contributed by atoms with van der Waals surface area (Å²) in [7, 11) is 0. The zero-order valence-corrected chi connectivity index (χ0v) is 24.5. The molecule has 36 heavy (non-hydrogen) atoms. The van der Waals surface area contributed by atoms with Gasteiger partial charge >= 0.3 is 215 Å². The normalized spacial score (nSPS) is 12.6. The quantitative estimate of drug-likeness (QED) is 0.298. The number of hydrogen-bond acceptors (Lipinski definition) is 0. The summed E-state index contributed by atoms with van der Waals surface area (Å²) in [4.78, 5) is 0. The van der Waals surface area contributed by atoms with E-state index in [9.17, 15) is 0 Å². The molecule has 0 radical (unpaired) electrons. The Hall–Kier alpha value is -2.31. The van der Waals surface area contributed by atoms with Crippen LogP contribution < -0.4 is 28.1 Å². The fourth-order valence-corrected chi connectivity index (χ4v) is 9.73. The van der Waals surface area contributed by atoms with E-state index in [1.807, 2.05) is 0 Å². The molecule has 4 aromatic rings. The third kappa shape index (κ3) is 4.70. The van der Waals surface area contributed by atoms with E-state index in [-0.39, 0.29) is 24.8 Å². The van der Waals surface area contributed by atoms with E-state index in [1.54, 1.807) is 17.6 Å². The van der Waals surface area contributed by atoms with Crippen molar-refractivity contribution >= 4 is 12.1 Å². The molecule has 0 atom stereocenters. The van der Waals surface area contributed by atoms with E-state index in [4.69, 9.17) is 0 Å². The number of fused-ring (bicyclic) bond motifs is 3. The number of rotatable bonds is 4. The fraction of sp³-hybridized carbons (Fsp3) is 0.121. The number of allylic oxidation sites excluding steroid dienone is 4. The molecule has 0 saturated heterocycles. The van der Waals surface area contributed by atoms with E-state index in [0.717, 1.165) is 12.8 Å². The van der Waals surface area contributed by atoms with Crippen LogP contribution in [0.4, 0.5) is 0 Å². The maximum Gasteiger partial charge on any atom is -1.00 e. The van der Waals surface area contributed by atoms with Crippen LogP contribution in [0.5, 0.6) is 0 Å². The third-order valence-electron chi connectivity index (χ3n) is 7.29. The van der Waals surface area contributed by atoms with Crippen molar-refractivity contribution in [2.75, 3.05) is 0 Å². The number of halogens is 2. The number of benzene rings is 4. The SMILES string of the molecule is Cc1c(C)c2c([c]([Zr+2]=[C](c3ccccc3)c3ccccc3)c1C1=CC=CC1)Cc1ccccc1-2.[Cl-].[Cl-]. The van der Waals surface area contributed by atoms with Crippen molar-refractivity contribution in [2.24, 2.45) is 0 Å². The van der Waals surface area contributed by atoms with Gasteiger partial charge in [0.1, 0.15) is 0 Å². The zero-order chi connectivity index (χ0) is 23.1. The van der Waals surface area contributed by atoms with Gasteiger partial charge in [0.15, 0.2) is 0 Å². The van der Waals surface area contributed by atoms with Crippen LogP contribution in [0.2, 0.25) is 0 Å². The van der Waals surface area contributed by atoms with Gasteiger partial charge in [-0.15, -0.1) is 0 Å². The van der Waals surface area contributed by atoms with Crippen molar-refractivity contribution in [2.45, 2.75) is 26.7 Å². The molecule has 0 aromatic heterocycles. The van der Waals surface area contributed by atoms with E-state index >= 15 is 0 Å². The Kier molecular flexibility index (Phi) is 8.46. The van der Waals surface area contributed by atoms with Crippen molar-refractivity contribution in [3.05, 3.63) is 142 Å². The molecule has 4 aromatic carbocycles. The molecule has 0 amide bonds. The average Bonchev–Trinajstić information content (AvgIpc) is 3.55. The van der Waals surface area contributed by atoms with Gasteiger partial charge in [-0.05, 0) is 0 Å². The predicted octanol–water partition coefficient (Wildman–Crippen LogP) is 1.20. The van der Waals surface area contributed by atoms with Crippen LogP contribution >= 0.6 is 0 Å². The van der Waals surface area contributed by atoms with Gasteiger partial charge in [-0.25, -0.2) is 0 Å². The minimum Gasteiger partial charge on any atom is -1.00 e. The Morgan fingerprint density at radius 1 is 0.694 bits per heavy atom. The second kappa shape index (κ2) is 11.4. The molecule has 0 aliphatic heterocycles. The van der Waals surface area contributed by atoms with Crippen LogP contribution in [0, 0.1) is 13.8 Å². The topological polar surface area (TPSA) is 0 Å². The molecular weight excluding hydrogens is 558 g/mol. The van der Waals surface area contributed by atoms with E-state index < -0.39 is 22.8 Å². The van der Waals surface area contributed by atoms with Gasteiger partial charge in [0.25, 0.3) is 0 Å². The third-order valence-corrected chi connectivity index (χ3v) is 11.3. The van der Waals surface area contributed by atoms with Gasteiger partial charge < -0.3 is 24.8 Å². The zero-order valence-electron chi connectivity index (χ0n) is 20.5. The summed E-state index contributed by atoms with van der Waals surface area (Å²) in [6.45, 7) is 4.70. The smallest absolute Gasteiger partial charge is 1.00 e. The van der Waals surface area contributed by atoms with E-state index in [1.165, 1.54) is 44.5 Å². The first kappa shape index (κ1) is 26.7. The molecule has 0 spiro atoms. The molecule has 6 rings (SSSR count). The van der Waals surface area contributed by atoms with Crippen LogP contribution in [0.3, 0.4) is 0 Å². The van der Waals surface area contributed by atoms with Crippen LogP contribution in [-0.2, 0) is 29.2 Å². The molecule has 0 nitrogen and oxygen atoms in total. The molecule has 0 bridgehead atoms. The van der Waals surface area contributed by atoms with Crippen molar-refractivity contribution in [1.82, 2.24) is 0 Å². The summed E-state index contributed by atoms with van der Waals surface area (Å²) in [6, 6.07) is 31.2. The molecule has 0 saturated carbocycles. The van der Waals surface area contributed by atoms with Crippen molar-refractivity contribution in [3.63, 3.8) is 0 Å². The summed E-state index contributed by atoms with van der Waals surface area (Å²) in [5.41, 5.74) is 14.8. The maximum atomic E-state index is 2.36. The number of hydrogen-bond donors (Lipinski definition) is 0. The van der Waals surface area contributed by atoms with Crippen LogP contribution in [0.1, 0.15) is 45.4 Å². The average molecular weight is 586 g/mol. The molecule has 2 aliphatic rings. The Morgan fingerprint density at radius 3 is 1.89 bits per heavy atom. The first-order valence-electron chi connectivity index (χ1n) is 12.1. The standard InChI is InChI=1S/C20H17.C13H10.2ClH.Zr/c1-13-14(2)20-17(11-16-9-5-6-10-18(16)20)12-19(13)15-7-3-4-8-15;1-3-7-12(8-4-1)11-13-9-5-2-6-10-13;;;/h3-7,9-10H,8,11H2,1-2H3;1-10H;2*1H;/q;;;;+2/p-2. The maximum absolute atomic E-state index is 2.36.